The molecule has 154 valence electrons. The molecule has 6 nitrogen and oxygen atoms in total. The molecular formula is C20H23ClFN5OS. The molecule has 0 spiro atoms. The lowest BCUT2D eigenvalue weighted by atomic mass is 9.87. The van der Waals surface area contributed by atoms with Gasteiger partial charge in [-0.15, -0.1) is 0 Å². The maximum absolute atomic E-state index is 13.4. The standard InChI is InChI=1S/C10H7ClFN3OS.C10H16N2/c11-6-3-9(7(12)4-8(6)16)17-15-10-1-2-13-5-14-10;1-12-10(7-8-11-12)9-5-3-2-4-6-9/h1-5,16H,(H,13,14,15);7-9H,2-6H2,1H3. The highest BCUT2D eigenvalue weighted by atomic mass is 35.5. The van der Waals surface area contributed by atoms with Gasteiger partial charge in [0, 0.05) is 37.1 Å². The molecule has 2 heterocycles. The van der Waals surface area contributed by atoms with Crippen LogP contribution in [0.15, 0.2) is 47.9 Å². The second-order valence-electron chi connectivity index (χ2n) is 6.75. The predicted molar refractivity (Wildman–Crippen MR) is 114 cm³/mol. The summed E-state index contributed by atoms with van der Waals surface area (Å²) in [4.78, 5) is 7.94. The molecule has 0 amide bonds. The smallest absolute Gasteiger partial charge is 0.142 e. The number of aromatic nitrogens is 4. The van der Waals surface area contributed by atoms with Gasteiger partial charge in [0.15, 0.2) is 0 Å². The number of anilines is 1. The van der Waals surface area contributed by atoms with Crippen molar-refractivity contribution in [3.05, 3.63) is 59.5 Å². The number of aryl methyl sites for hydroxylation is 1. The highest BCUT2D eigenvalue weighted by Gasteiger charge is 2.17. The molecular weight excluding hydrogens is 413 g/mol. The molecule has 0 bridgehead atoms. The molecule has 2 N–H and O–H groups in total. The van der Waals surface area contributed by atoms with Crippen LogP contribution in [0.5, 0.6) is 5.75 Å². The highest BCUT2D eigenvalue weighted by molar-refractivity contribution is 8.00. The molecule has 9 heteroatoms. The zero-order valence-corrected chi connectivity index (χ0v) is 17.6. The lowest BCUT2D eigenvalue weighted by Crippen LogP contribution is -2.09. The normalized spacial score (nSPS) is 14.2. The van der Waals surface area contributed by atoms with Gasteiger partial charge in [-0.3, -0.25) is 4.68 Å². The third kappa shape index (κ3) is 6.08. The Morgan fingerprint density at radius 2 is 2.00 bits per heavy atom. The Labute approximate surface area is 178 Å². The Balaban J connectivity index is 0.000000176. The van der Waals surface area contributed by atoms with Gasteiger partial charge >= 0.3 is 0 Å². The van der Waals surface area contributed by atoms with Crippen molar-refractivity contribution < 1.29 is 9.50 Å². The molecule has 1 aromatic carbocycles. The third-order valence-electron chi connectivity index (χ3n) is 4.73. The minimum atomic E-state index is -0.557. The summed E-state index contributed by atoms with van der Waals surface area (Å²) in [5.74, 6) is 0.494. The van der Waals surface area contributed by atoms with Crippen LogP contribution in [0.3, 0.4) is 0 Å². The van der Waals surface area contributed by atoms with Gasteiger partial charge in [0.2, 0.25) is 0 Å². The Kier molecular flexibility index (Phi) is 7.71. The van der Waals surface area contributed by atoms with Crippen LogP contribution in [0.4, 0.5) is 10.2 Å². The van der Waals surface area contributed by atoms with E-state index >= 15 is 0 Å². The molecule has 3 aromatic rings. The number of halogens is 2. The summed E-state index contributed by atoms with van der Waals surface area (Å²) in [6.07, 6.45) is 11.8. The second kappa shape index (κ2) is 10.5. The first-order valence-corrected chi connectivity index (χ1v) is 10.6. The average Bonchev–Trinajstić information content (AvgIpc) is 3.17. The van der Waals surface area contributed by atoms with E-state index in [0.717, 1.165) is 23.9 Å². The van der Waals surface area contributed by atoms with Gasteiger partial charge in [-0.2, -0.15) is 5.10 Å². The second-order valence-corrected chi connectivity index (χ2v) is 8.00. The maximum Gasteiger partial charge on any atom is 0.142 e. The molecule has 0 radical (unpaired) electrons. The molecule has 0 atom stereocenters. The number of hydrogen-bond donors (Lipinski definition) is 2. The van der Waals surface area contributed by atoms with Crippen LogP contribution in [0.25, 0.3) is 0 Å². The summed E-state index contributed by atoms with van der Waals surface area (Å²) in [5, 5.41) is 13.5. The fraction of sp³-hybridized carbons (Fsp3) is 0.350. The summed E-state index contributed by atoms with van der Waals surface area (Å²) < 4.78 is 18.3. The van der Waals surface area contributed by atoms with Crippen molar-refractivity contribution in [2.45, 2.75) is 42.9 Å². The zero-order chi connectivity index (χ0) is 20.6. The number of rotatable bonds is 4. The summed E-state index contributed by atoms with van der Waals surface area (Å²) in [7, 11) is 2.05. The van der Waals surface area contributed by atoms with Crippen molar-refractivity contribution in [3.8, 4) is 5.75 Å². The molecule has 1 aliphatic carbocycles. The van der Waals surface area contributed by atoms with Gasteiger partial charge in [0.05, 0.1) is 9.92 Å². The molecule has 1 saturated carbocycles. The Bertz CT molecular complexity index is 918. The summed E-state index contributed by atoms with van der Waals surface area (Å²) in [6, 6.07) is 6.11. The molecule has 0 saturated heterocycles. The maximum atomic E-state index is 13.4. The summed E-state index contributed by atoms with van der Waals surface area (Å²) in [5.41, 5.74) is 1.43. The van der Waals surface area contributed by atoms with Crippen molar-refractivity contribution >= 4 is 29.4 Å². The average molecular weight is 436 g/mol. The lowest BCUT2D eigenvalue weighted by molar-refractivity contribution is 0.424. The van der Waals surface area contributed by atoms with Crippen LogP contribution in [-0.4, -0.2) is 24.9 Å². The predicted octanol–water partition coefficient (Wildman–Crippen LogP) is 5.56. The lowest BCUT2D eigenvalue weighted by Gasteiger charge is -2.21. The van der Waals surface area contributed by atoms with E-state index in [1.165, 1.54) is 50.2 Å². The SMILES string of the molecule is Cn1nccc1C1CCCCC1.Oc1cc(F)c(SNc2ccncn2)cc1Cl. The van der Waals surface area contributed by atoms with Gasteiger partial charge in [0.1, 0.15) is 23.7 Å². The third-order valence-corrected chi connectivity index (χ3v) is 5.88. The first kappa shape index (κ1) is 21.4. The molecule has 29 heavy (non-hydrogen) atoms. The van der Waals surface area contributed by atoms with E-state index in [0.29, 0.717) is 5.82 Å². The summed E-state index contributed by atoms with van der Waals surface area (Å²) >= 11 is 6.70. The zero-order valence-electron chi connectivity index (χ0n) is 16.1. The minimum absolute atomic E-state index is 0.0957. The number of benzene rings is 1. The van der Waals surface area contributed by atoms with Gasteiger partial charge in [-0.05, 0) is 43.0 Å². The van der Waals surface area contributed by atoms with Gasteiger partial charge in [0.25, 0.3) is 0 Å². The van der Waals surface area contributed by atoms with Crippen molar-refractivity contribution in [1.82, 2.24) is 19.7 Å². The molecule has 1 fully saturated rings. The Morgan fingerprint density at radius 1 is 1.21 bits per heavy atom. The van der Waals surface area contributed by atoms with E-state index < -0.39 is 5.82 Å². The summed E-state index contributed by atoms with van der Waals surface area (Å²) in [6.45, 7) is 0. The largest absolute Gasteiger partial charge is 0.506 e. The minimum Gasteiger partial charge on any atom is -0.506 e. The quantitative estimate of drug-likeness (QED) is 0.522. The van der Waals surface area contributed by atoms with Crippen LogP contribution in [0.1, 0.15) is 43.7 Å². The number of phenolic OH excluding ortho intramolecular Hbond substituents is 1. The van der Waals surface area contributed by atoms with Crippen LogP contribution in [0, 0.1) is 5.82 Å². The topological polar surface area (TPSA) is 75.9 Å². The van der Waals surface area contributed by atoms with Crippen molar-refractivity contribution in [2.75, 3.05) is 4.72 Å². The molecule has 2 aromatic heterocycles. The number of phenols is 1. The number of aromatic hydroxyl groups is 1. The van der Waals surface area contributed by atoms with Gasteiger partial charge in [-0.1, -0.05) is 30.9 Å². The van der Waals surface area contributed by atoms with E-state index in [2.05, 4.69) is 25.9 Å². The fourth-order valence-corrected chi connectivity index (χ4v) is 4.13. The van der Waals surface area contributed by atoms with Crippen molar-refractivity contribution in [2.24, 2.45) is 7.05 Å². The van der Waals surface area contributed by atoms with Gasteiger partial charge in [-0.25, -0.2) is 14.4 Å². The number of hydrogen-bond acceptors (Lipinski definition) is 6. The monoisotopic (exact) mass is 435 g/mol. The van der Waals surface area contributed by atoms with Crippen LogP contribution in [-0.2, 0) is 7.05 Å². The van der Waals surface area contributed by atoms with E-state index in [1.54, 1.807) is 12.3 Å². The highest BCUT2D eigenvalue weighted by Crippen LogP contribution is 2.32. The van der Waals surface area contributed by atoms with E-state index in [4.69, 9.17) is 11.6 Å². The van der Waals surface area contributed by atoms with Crippen LogP contribution < -0.4 is 4.72 Å². The van der Waals surface area contributed by atoms with Crippen LogP contribution in [0.2, 0.25) is 5.02 Å². The molecule has 0 aliphatic heterocycles. The molecule has 0 unspecified atom stereocenters. The Hall–Kier alpha value is -2.32. The van der Waals surface area contributed by atoms with Gasteiger partial charge < -0.3 is 9.83 Å². The Morgan fingerprint density at radius 3 is 2.66 bits per heavy atom. The van der Waals surface area contributed by atoms with E-state index in [9.17, 15) is 9.50 Å². The van der Waals surface area contributed by atoms with E-state index in [-0.39, 0.29) is 15.7 Å². The first-order valence-electron chi connectivity index (χ1n) is 9.39. The van der Waals surface area contributed by atoms with Crippen molar-refractivity contribution in [1.29, 1.82) is 0 Å². The first-order chi connectivity index (χ1) is 14.0. The number of nitrogens with zero attached hydrogens (tertiary/aromatic N) is 4. The number of nitrogens with one attached hydrogen (secondary N) is 1. The fourth-order valence-electron chi connectivity index (χ4n) is 3.24. The molecule has 4 rings (SSSR count). The van der Waals surface area contributed by atoms with Crippen LogP contribution >= 0.6 is 23.5 Å². The van der Waals surface area contributed by atoms with Crippen molar-refractivity contribution in [3.63, 3.8) is 0 Å². The molecule has 1 aliphatic rings. The van der Waals surface area contributed by atoms with E-state index in [1.807, 2.05) is 17.9 Å².